The average Bonchev–Trinajstić information content (AvgIpc) is 2.62. The van der Waals surface area contributed by atoms with Gasteiger partial charge in [-0.1, -0.05) is 32.9 Å². The maximum atomic E-state index is 4.55. The van der Waals surface area contributed by atoms with Crippen LogP contribution in [0.1, 0.15) is 26.3 Å². The highest BCUT2D eigenvalue weighted by molar-refractivity contribution is 5.62. The summed E-state index contributed by atoms with van der Waals surface area (Å²) in [6.07, 6.45) is 1.75. The van der Waals surface area contributed by atoms with E-state index in [2.05, 4.69) is 82.7 Å². The van der Waals surface area contributed by atoms with Crippen molar-refractivity contribution < 1.29 is 0 Å². The molecule has 0 saturated carbocycles. The maximum Gasteiger partial charge on any atom is 0.229 e. The van der Waals surface area contributed by atoms with E-state index >= 15 is 0 Å². The first-order chi connectivity index (χ1) is 12.8. The van der Waals surface area contributed by atoms with E-state index in [1.165, 1.54) is 5.56 Å². The molecule has 27 heavy (non-hydrogen) atoms. The number of benzene rings is 2. The number of nitrogens with zero attached hydrogens (tertiary/aromatic N) is 3. The van der Waals surface area contributed by atoms with Crippen molar-refractivity contribution >= 4 is 28.8 Å². The Morgan fingerprint density at radius 1 is 0.778 bits per heavy atom. The summed E-state index contributed by atoms with van der Waals surface area (Å²) in [4.78, 5) is 10.9. The first-order valence-corrected chi connectivity index (χ1v) is 9.06. The second-order valence-corrected chi connectivity index (χ2v) is 7.78. The Balaban J connectivity index is 1.70. The zero-order valence-electron chi connectivity index (χ0n) is 16.6. The summed E-state index contributed by atoms with van der Waals surface area (Å²) < 4.78 is 0. The second kappa shape index (κ2) is 7.66. The lowest BCUT2D eigenvalue weighted by molar-refractivity contribution is 0.590. The lowest BCUT2D eigenvalue weighted by atomic mass is 9.87. The van der Waals surface area contributed by atoms with Gasteiger partial charge in [0.25, 0.3) is 0 Å². The fraction of sp³-hybridized carbons (Fsp3) is 0.273. The molecular formula is C22H27N5. The fourth-order valence-electron chi connectivity index (χ4n) is 2.66. The third-order valence-corrected chi connectivity index (χ3v) is 4.32. The van der Waals surface area contributed by atoms with Crippen LogP contribution in [0.5, 0.6) is 0 Å². The van der Waals surface area contributed by atoms with Crippen LogP contribution in [0.2, 0.25) is 0 Å². The van der Waals surface area contributed by atoms with Gasteiger partial charge in [-0.25, -0.2) is 4.98 Å². The van der Waals surface area contributed by atoms with E-state index in [-0.39, 0.29) is 5.41 Å². The third-order valence-electron chi connectivity index (χ3n) is 4.32. The number of hydrogen-bond acceptors (Lipinski definition) is 5. The monoisotopic (exact) mass is 361 g/mol. The highest BCUT2D eigenvalue weighted by atomic mass is 15.1. The normalized spacial score (nSPS) is 11.1. The van der Waals surface area contributed by atoms with Crippen LogP contribution in [-0.4, -0.2) is 24.1 Å². The summed E-state index contributed by atoms with van der Waals surface area (Å²) >= 11 is 0. The van der Waals surface area contributed by atoms with E-state index in [0.29, 0.717) is 5.95 Å². The van der Waals surface area contributed by atoms with Gasteiger partial charge >= 0.3 is 0 Å². The molecule has 0 amide bonds. The lowest BCUT2D eigenvalue weighted by Crippen LogP contribution is -2.10. The molecule has 0 bridgehead atoms. The van der Waals surface area contributed by atoms with E-state index in [1.54, 1.807) is 6.20 Å². The zero-order valence-corrected chi connectivity index (χ0v) is 16.6. The molecule has 3 rings (SSSR count). The molecule has 0 aliphatic carbocycles. The molecule has 0 radical (unpaired) electrons. The van der Waals surface area contributed by atoms with Gasteiger partial charge in [0.1, 0.15) is 5.82 Å². The Morgan fingerprint density at radius 3 is 1.96 bits per heavy atom. The van der Waals surface area contributed by atoms with Crippen molar-refractivity contribution in [3.63, 3.8) is 0 Å². The van der Waals surface area contributed by atoms with Gasteiger partial charge < -0.3 is 15.5 Å². The van der Waals surface area contributed by atoms with Gasteiger partial charge in [0, 0.05) is 37.4 Å². The van der Waals surface area contributed by atoms with Crippen molar-refractivity contribution in [2.45, 2.75) is 26.2 Å². The average molecular weight is 361 g/mol. The molecule has 0 spiro atoms. The quantitative estimate of drug-likeness (QED) is 0.643. The minimum Gasteiger partial charge on any atom is -0.378 e. The van der Waals surface area contributed by atoms with Crippen LogP contribution >= 0.6 is 0 Å². The fourth-order valence-corrected chi connectivity index (χ4v) is 2.66. The minimum absolute atomic E-state index is 0.140. The maximum absolute atomic E-state index is 4.55. The predicted octanol–water partition coefficient (Wildman–Crippen LogP) is 5.33. The number of hydrogen-bond donors (Lipinski definition) is 2. The summed E-state index contributed by atoms with van der Waals surface area (Å²) in [5.74, 6) is 1.31. The van der Waals surface area contributed by atoms with Crippen molar-refractivity contribution in [3.05, 3.63) is 66.4 Å². The summed E-state index contributed by atoms with van der Waals surface area (Å²) in [5, 5.41) is 6.58. The van der Waals surface area contributed by atoms with Crippen LogP contribution in [0.15, 0.2) is 60.8 Å². The van der Waals surface area contributed by atoms with Crippen LogP contribution in [0.25, 0.3) is 0 Å². The van der Waals surface area contributed by atoms with E-state index in [9.17, 15) is 0 Å². The molecule has 5 nitrogen and oxygen atoms in total. The summed E-state index contributed by atoms with van der Waals surface area (Å²) in [6.45, 7) is 6.62. The molecule has 2 N–H and O–H groups in total. The predicted molar refractivity (Wildman–Crippen MR) is 115 cm³/mol. The molecule has 1 heterocycles. The van der Waals surface area contributed by atoms with Crippen LogP contribution in [0.3, 0.4) is 0 Å². The minimum atomic E-state index is 0.140. The molecule has 3 aromatic rings. The first-order valence-electron chi connectivity index (χ1n) is 9.06. The molecule has 0 aliphatic rings. The molecule has 0 aliphatic heterocycles. The molecule has 0 unspecified atom stereocenters. The topological polar surface area (TPSA) is 53.1 Å². The molecule has 140 valence electrons. The zero-order chi connectivity index (χ0) is 19.4. The largest absolute Gasteiger partial charge is 0.378 e. The smallest absolute Gasteiger partial charge is 0.229 e. The standard InChI is InChI=1S/C22H27N5/c1-22(2,3)16-6-8-18(9-7-16)25-21-23-15-14-20(26-21)24-17-10-12-19(13-11-17)27(4)5/h6-15H,1-5H3,(H2,23,24,25,26). The Hall–Kier alpha value is -3.08. The van der Waals surface area contributed by atoms with Crippen LogP contribution in [0.4, 0.5) is 28.8 Å². The highest BCUT2D eigenvalue weighted by Crippen LogP contribution is 2.25. The van der Waals surface area contributed by atoms with Gasteiger partial charge in [-0.3, -0.25) is 0 Å². The van der Waals surface area contributed by atoms with Crippen molar-refractivity contribution in [1.29, 1.82) is 0 Å². The molecule has 2 aromatic carbocycles. The van der Waals surface area contributed by atoms with Gasteiger partial charge in [-0.15, -0.1) is 0 Å². The van der Waals surface area contributed by atoms with Crippen molar-refractivity contribution in [2.24, 2.45) is 0 Å². The van der Waals surface area contributed by atoms with Crippen molar-refractivity contribution in [2.75, 3.05) is 29.6 Å². The Kier molecular flexibility index (Phi) is 5.31. The summed E-state index contributed by atoms with van der Waals surface area (Å²) in [6, 6.07) is 18.5. The molecule has 5 heteroatoms. The molecule has 1 aromatic heterocycles. The molecule has 0 fully saturated rings. The van der Waals surface area contributed by atoms with E-state index in [0.717, 1.165) is 22.9 Å². The number of anilines is 5. The number of rotatable bonds is 5. The number of aromatic nitrogens is 2. The van der Waals surface area contributed by atoms with Crippen molar-refractivity contribution in [3.8, 4) is 0 Å². The van der Waals surface area contributed by atoms with E-state index in [1.807, 2.05) is 32.3 Å². The molecule has 0 atom stereocenters. The third kappa shape index (κ3) is 4.97. The van der Waals surface area contributed by atoms with Gasteiger partial charge in [-0.2, -0.15) is 4.98 Å². The first kappa shape index (κ1) is 18.7. The summed E-state index contributed by atoms with van der Waals surface area (Å²) in [7, 11) is 4.05. The SMILES string of the molecule is CN(C)c1ccc(Nc2ccnc(Nc3ccc(C(C)(C)C)cc3)n2)cc1. The lowest BCUT2D eigenvalue weighted by Gasteiger charge is -2.19. The van der Waals surface area contributed by atoms with Gasteiger partial charge in [0.05, 0.1) is 0 Å². The van der Waals surface area contributed by atoms with Gasteiger partial charge in [0.15, 0.2) is 0 Å². The summed E-state index contributed by atoms with van der Waals surface area (Å²) in [5.41, 5.74) is 4.55. The van der Waals surface area contributed by atoms with Crippen molar-refractivity contribution in [1.82, 2.24) is 9.97 Å². The second-order valence-electron chi connectivity index (χ2n) is 7.78. The van der Waals surface area contributed by atoms with Gasteiger partial charge in [-0.05, 0) is 53.4 Å². The van der Waals surface area contributed by atoms with Crippen LogP contribution < -0.4 is 15.5 Å². The molecular weight excluding hydrogens is 334 g/mol. The Labute approximate surface area is 161 Å². The van der Waals surface area contributed by atoms with E-state index in [4.69, 9.17) is 0 Å². The van der Waals surface area contributed by atoms with Crippen LogP contribution in [0, 0.1) is 0 Å². The number of nitrogens with one attached hydrogen (secondary N) is 2. The molecule has 0 saturated heterocycles. The van der Waals surface area contributed by atoms with E-state index < -0.39 is 0 Å². The van der Waals surface area contributed by atoms with Gasteiger partial charge in [0.2, 0.25) is 5.95 Å². The van der Waals surface area contributed by atoms with Crippen LogP contribution in [-0.2, 0) is 5.41 Å². The highest BCUT2D eigenvalue weighted by Gasteiger charge is 2.13. The Bertz CT molecular complexity index is 878. The Morgan fingerprint density at radius 2 is 1.37 bits per heavy atom.